The summed E-state index contributed by atoms with van der Waals surface area (Å²) in [6.45, 7) is 7.88. The van der Waals surface area contributed by atoms with Crippen molar-refractivity contribution in [3.8, 4) is 11.5 Å². The minimum atomic E-state index is -0.468. The Hall–Kier alpha value is -2.09. The van der Waals surface area contributed by atoms with E-state index in [4.69, 9.17) is 23.7 Å². The number of piperidine rings is 1. The molecular weight excluding hydrogens is 446 g/mol. The number of unbranched alkanes of at least 4 members (excludes halogenated alkanes) is 1. The highest BCUT2D eigenvalue weighted by Gasteiger charge is 2.64. The normalized spacial score (nSPS) is 30.5. The Morgan fingerprint density at radius 2 is 2.00 bits per heavy atom. The Morgan fingerprint density at radius 1 is 1.20 bits per heavy atom. The number of likely N-dealkylation sites (N-methyl/N-ethyl adjacent to an activating group) is 1. The van der Waals surface area contributed by atoms with Crippen LogP contribution in [0.3, 0.4) is 0 Å². The van der Waals surface area contributed by atoms with Crippen molar-refractivity contribution in [3.63, 3.8) is 0 Å². The van der Waals surface area contributed by atoms with Gasteiger partial charge >= 0.3 is 5.97 Å². The highest BCUT2D eigenvalue weighted by molar-refractivity contribution is 5.75. The number of nitrogens with zero attached hydrogens (tertiary/aromatic N) is 1. The summed E-state index contributed by atoms with van der Waals surface area (Å²) in [5, 5.41) is 0. The van der Waals surface area contributed by atoms with E-state index in [-0.39, 0.29) is 30.4 Å². The van der Waals surface area contributed by atoms with Gasteiger partial charge in [-0.25, -0.2) is 0 Å². The average Bonchev–Trinajstić information content (AvgIpc) is 3.18. The van der Waals surface area contributed by atoms with Crippen LogP contribution in [0, 0.1) is 11.3 Å². The molecule has 4 aliphatic rings. The van der Waals surface area contributed by atoms with Crippen LogP contribution >= 0.6 is 0 Å². The first-order chi connectivity index (χ1) is 16.8. The second-order valence-electron chi connectivity index (χ2n) is 11.4. The lowest BCUT2D eigenvalue weighted by molar-refractivity contribution is -0.153. The molecule has 35 heavy (non-hydrogen) atoms. The zero-order valence-corrected chi connectivity index (χ0v) is 21.7. The average molecular weight is 486 g/mol. The molecule has 2 heterocycles. The van der Waals surface area contributed by atoms with E-state index in [1.54, 1.807) is 7.11 Å². The second kappa shape index (κ2) is 9.41. The summed E-state index contributed by atoms with van der Waals surface area (Å²) in [6, 6.07) is 4.71. The second-order valence-corrected chi connectivity index (χ2v) is 11.4. The van der Waals surface area contributed by atoms with Crippen LogP contribution in [0.1, 0.15) is 51.2 Å². The highest BCUT2D eigenvalue weighted by atomic mass is 16.7. The van der Waals surface area contributed by atoms with Crippen molar-refractivity contribution in [3.05, 3.63) is 35.4 Å². The number of carbonyl (C=O) groups is 1. The number of rotatable bonds is 9. The fraction of sp³-hybridized carbons (Fsp3) is 0.679. The van der Waals surface area contributed by atoms with Gasteiger partial charge in [0.15, 0.2) is 18.3 Å². The summed E-state index contributed by atoms with van der Waals surface area (Å²) in [5.74, 6) is 1.87. The first-order valence-corrected chi connectivity index (χ1v) is 12.9. The third kappa shape index (κ3) is 4.15. The predicted molar refractivity (Wildman–Crippen MR) is 132 cm³/mol. The van der Waals surface area contributed by atoms with Crippen LogP contribution in [0.25, 0.3) is 0 Å². The lowest BCUT2D eigenvalue weighted by atomic mass is 9.53. The summed E-state index contributed by atoms with van der Waals surface area (Å²) in [6.07, 6.45) is 8.07. The van der Waals surface area contributed by atoms with Crippen LogP contribution < -0.4 is 9.47 Å². The highest BCUT2D eigenvalue weighted by Crippen LogP contribution is 2.62. The Kier molecular flexibility index (Phi) is 6.62. The Bertz CT molecular complexity index is 984. The van der Waals surface area contributed by atoms with Crippen molar-refractivity contribution in [2.45, 2.75) is 70.1 Å². The number of esters is 1. The zero-order valence-electron chi connectivity index (χ0n) is 21.7. The standard InChI is InChI=1S/C28H39NO6/c1-27(2,3)26(30)33-15-7-6-14-32-22-11-9-19-20-16-18-8-10-21(34-17-31-5)24-23(18)28(19,25(22)35-24)12-13-29(20)4/h8-11,19-20,22,25H,6-7,12-17H2,1-5H3/t19-,20+,22-,25?,28-/m0/s1. The minimum Gasteiger partial charge on any atom is -0.482 e. The maximum atomic E-state index is 12.0. The molecule has 2 aliphatic heterocycles. The molecule has 0 radical (unpaired) electrons. The van der Waals surface area contributed by atoms with Gasteiger partial charge in [0.05, 0.1) is 12.0 Å². The van der Waals surface area contributed by atoms with E-state index in [1.165, 1.54) is 11.1 Å². The van der Waals surface area contributed by atoms with Crippen LogP contribution in [0.15, 0.2) is 24.3 Å². The van der Waals surface area contributed by atoms with E-state index in [1.807, 2.05) is 26.8 Å². The topological polar surface area (TPSA) is 66.5 Å². The van der Waals surface area contributed by atoms with E-state index >= 15 is 0 Å². The van der Waals surface area contributed by atoms with Gasteiger partial charge in [-0.15, -0.1) is 0 Å². The molecule has 1 aromatic rings. The molecule has 1 unspecified atom stereocenters. The van der Waals surface area contributed by atoms with Crippen molar-refractivity contribution in [2.24, 2.45) is 11.3 Å². The van der Waals surface area contributed by atoms with Crippen molar-refractivity contribution in [2.75, 3.05) is 40.7 Å². The molecule has 5 rings (SSSR count). The first-order valence-electron chi connectivity index (χ1n) is 12.9. The summed E-state index contributed by atoms with van der Waals surface area (Å²) in [7, 11) is 3.87. The van der Waals surface area contributed by atoms with Crippen molar-refractivity contribution in [1.82, 2.24) is 4.90 Å². The molecule has 0 amide bonds. The van der Waals surface area contributed by atoms with Crippen LogP contribution in [-0.2, 0) is 30.8 Å². The zero-order chi connectivity index (χ0) is 24.8. The van der Waals surface area contributed by atoms with E-state index < -0.39 is 5.41 Å². The summed E-state index contributed by atoms with van der Waals surface area (Å²) in [5.41, 5.74) is 2.14. The largest absolute Gasteiger partial charge is 0.482 e. The van der Waals surface area contributed by atoms with Gasteiger partial charge in [-0.05, 0) is 71.7 Å². The Balaban J connectivity index is 1.31. The third-order valence-corrected chi connectivity index (χ3v) is 8.14. The Morgan fingerprint density at radius 3 is 2.77 bits per heavy atom. The van der Waals surface area contributed by atoms with Gasteiger partial charge in [0.25, 0.3) is 0 Å². The van der Waals surface area contributed by atoms with Gasteiger partial charge in [-0.1, -0.05) is 18.2 Å². The van der Waals surface area contributed by atoms with E-state index in [0.717, 1.165) is 43.7 Å². The molecule has 1 fully saturated rings. The van der Waals surface area contributed by atoms with Crippen molar-refractivity contribution in [1.29, 1.82) is 0 Å². The van der Waals surface area contributed by atoms with E-state index in [2.05, 4.69) is 30.2 Å². The molecule has 1 aromatic carbocycles. The molecule has 1 saturated heterocycles. The molecule has 2 bridgehead atoms. The van der Waals surface area contributed by atoms with Gasteiger partial charge in [0.1, 0.15) is 12.2 Å². The van der Waals surface area contributed by atoms with Crippen LogP contribution in [0.5, 0.6) is 11.5 Å². The van der Waals surface area contributed by atoms with Crippen LogP contribution in [0.4, 0.5) is 0 Å². The Labute approximate surface area is 208 Å². The first kappa shape index (κ1) is 24.6. The number of benzene rings is 1. The summed E-state index contributed by atoms with van der Waals surface area (Å²) < 4.78 is 29.7. The number of methoxy groups -OCH3 is 1. The van der Waals surface area contributed by atoms with Gasteiger partial charge < -0.3 is 28.6 Å². The SMILES string of the molecule is COCOc1ccc2c3c1OC1[C@@H](OCCCCOC(=O)C(C)(C)C)C=C[C@H]4[C@@H](C2)N(C)CC[C@]314. The molecule has 2 aliphatic carbocycles. The molecule has 0 aromatic heterocycles. The third-order valence-electron chi connectivity index (χ3n) is 8.14. The van der Waals surface area contributed by atoms with Gasteiger partial charge in [-0.3, -0.25) is 4.79 Å². The molecule has 0 saturated carbocycles. The van der Waals surface area contributed by atoms with Crippen molar-refractivity contribution >= 4 is 5.97 Å². The quantitative estimate of drug-likeness (QED) is 0.228. The predicted octanol–water partition coefficient (Wildman–Crippen LogP) is 3.87. The monoisotopic (exact) mass is 485 g/mol. The number of carbonyl (C=O) groups excluding carboxylic acids is 1. The van der Waals surface area contributed by atoms with Gasteiger partial charge in [0.2, 0.25) is 0 Å². The summed E-state index contributed by atoms with van der Waals surface area (Å²) >= 11 is 0. The molecule has 7 heteroatoms. The molecule has 1 spiro atoms. The van der Waals surface area contributed by atoms with Gasteiger partial charge in [0, 0.05) is 36.7 Å². The minimum absolute atomic E-state index is 0.0752. The summed E-state index contributed by atoms with van der Waals surface area (Å²) in [4.78, 5) is 14.5. The van der Waals surface area contributed by atoms with E-state index in [9.17, 15) is 4.79 Å². The molecule has 5 atom stereocenters. The van der Waals surface area contributed by atoms with Crippen LogP contribution in [0.2, 0.25) is 0 Å². The number of likely N-dealkylation sites (tertiary alicyclic amines) is 1. The lowest BCUT2D eigenvalue weighted by Gasteiger charge is -2.56. The van der Waals surface area contributed by atoms with Gasteiger partial charge in [-0.2, -0.15) is 0 Å². The maximum absolute atomic E-state index is 12.0. The number of hydrogen-bond donors (Lipinski definition) is 0. The molecule has 7 nitrogen and oxygen atoms in total. The fourth-order valence-corrected chi connectivity index (χ4v) is 6.39. The maximum Gasteiger partial charge on any atom is 0.311 e. The fourth-order valence-electron chi connectivity index (χ4n) is 6.39. The van der Waals surface area contributed by atoms with E-state index in [0.29, 0.717) is 25.2 Å². The van der Waals surface area contributed by atoms with Crippen molar-refractivity contribution < 1.29 is 28.5 Å². The molecular formula is C28H39NO6. The number of ether oxygens (including phenoxy) is 5. The number of hydrogen-bond acceptors (Lipinski definition) is 7. The lowest BCUT2D eigenvalue weighted by Crippen LogP contribution is -2.65. The molecule has 192 valence electrons. The smallest absolute Gasteiger partial charge is 0.311 e. The molecule has 0 N–H and O–H groups in total. The van der Waals surface area contributed by atoms with Crippen LogP contribution in [-0.4, -0.2) is 69.8 Å².